The number of hydrogen-bond acceptors (Lipinski definition) is 9. The fraction of sp³-hybridized carbons (Fsp3) is 0.125. The largest absolute Gasteiger partial charge is 0.477 e. The highest BCUT2D eigenvalue weighted by Gasteiger charge is 2.42. The minimum Gasteiger partial charge on any atom is -0.477 e. The van der Waals surface area contributed by atoms with E-state index in [1.807, 2.05) is 0 Å². The maximum atomic E-state index is 12.5. The van der Waals surface area contributed by atoms with Crippen LogP contribution in [0.15, 0.2) is 66.7 Å². The number of rotatable bonds is 6. The molecule has 36 heavy (non-hydrogen) atoms. The summed E-state index contributed by atoms with van der Waals surface area (Å²) in [6, 6.07) is 15.2. The van der Waals surface area contributed by atoms with Crippen molar-refractivity contribution in [2.24, 2.45) is 0 Å². The average Bonchev–Trinajstić information content (AvgIpc) is 3.10. The lowest BCUT2D eigenvalue weighted by atomic mass is 10.0. The molecule has 3 aromatic rings. The molecule has 12 nitrogen and oxygen atoms in total. The monoisotopic (exact) mass is 494 g/mol. The van der Waals surface area contributed by atoms with Gasteiger partial charge in [-0.25, -0.2) is 4.79 Å². The van der Waals surface area contributed by atoms with Crippen molar-refractivity contribution in [1.82, 2.24) is 4.90 Å². The van der Waals surface area contributed by atoms with Gasteiger partial charge < -0.3 is 26.8 Å². The van der Waals surface area contributed by atoms with Crippen molar-refractivity contribution >= 4 is 34.8 Å². The number of carboxylic acids is 1. The molecule has 3 aromatic carbocycles. The number of nitrogen functional groups attached to an aromatic ring is 2. The molecule has 12 heteroatoms. The zero-order chi connectivity index (χ0) is 26.6. The number of nitro groups is 1. The molecule has 4 rings (SSSR count). The van der Waals surface area contributed by atoms with Gasteiger partial charge in [-0.3, -0.25) is 24.6 Å². The lowest BCUT2D eigenvalue weighted by molar-refractivity contribution is -0.385. The Morgan fingerprint density at radius 1 is 0.944 bits per heavy atom. The fourth-order valence-corrected chi connectivity index (χ4v) is 3.63. The quantitative estimate of drug-likeness (QED) is 0.145. The summed E-state index contributed by atoms with van der Waals surface area (Å²) in [6.07, 6.45) is -1.21. The Hall–Kier alpha value is -4.81. The van der Waals surface area contributed by atoms with Gasteiger partial charge in [-0.05, 0) is 42.0 Å². The topological polar surface area (TPSA) is 210 Å². The van der Waals surface area contributed by atoms with Crippen LogP contribution >= 0.6 is 0 Å². The van der Waals surface area contributed by atoms with E-state index in [0.29, 0.717) is 11.3 Å². The molecule has 0 saturated carbocycles. The van der Waals surface area contributed by atoms with Crippen LogP contribution in [0.5, 0.6) is 0 Å². The van der Waals surface area contributed by atoms with E-state index in [1.165, 1.54) is 6.07 Å². The number of nitrogens with zero attached hydrogens (tertiary/aromatic N) is 2. The van der Waals surface area contributed by atoms with Gasteiger partial charge in [0.05, 0.1) is 28.7 Å². The summed E-state index contributed by atoms with van der Waals surface area (Å²) < 4.78 is 0. The molecule has 0 aliphatic carbocycles. The molecule has 0 saturated heterocycles. The Morgan fingerprint density at radius 2 is 1.47 bits per heavy atom. The molecule has 2 atom stereocenters. The molecule has 186 valence electrons. The van der Waals surface area contributed by atoms with Gasteiger partial charge in [0.2, 0.25) is 0 Å². The third kappa shape index (κ3) is 5.14. The number of hydrogen-bond donors (Lipinski definition) is 5. The first kappa shape index (κ1) is 25.8. The van der Waals surface area contributed by atoms with Gasteiger partial charge in [-0.2, -0.15) is 0 Å². The van der Waals surface area contributed by atoms with Gasteiger partial charge in [-0.1, -0.05) is 24.3 Å². The number of benzene rings is 3. The molecule has 2 amide bonds. The molecule has 0 fully saturated rings. The third-order valence-corrected chi connectivity index (χ3v) is 5.44. The predicted octanol–water partition coefficient (Wildman–Crippen LogP) is 1.83. The number of fused-ring (bicyclic) bond motifs is 1. The summed E-state index contributed by atoms with van der Waals surface area (Å²) in [5.41, 5.74) is 11.7. The molecule has 0 bridgehead atoms. The first-order valence-corrected chi connectivity index (χ1v) is 10.4. The standard InChI is InChI=1S/C17H16N2O4.C7H6N2O4/c18-11-7-5-10(6-8-11)15(21)14(9-20)19-16(22)12-3-1-2-4-13(12)17(19)23;8-4-1-2-5(7(10)11)6(3-4)9(12)13/h1-8,14-15,20-21H,9,18H2;1-3H,8H2,(H,10,11). The van der Waals surface area contributed by atoms with Crippen LogP contribution in [0.2, 0.25) is 0 Å². The van der Waals surface area contributed by atoms with Crippen LogP contribution in [0.3, 0.4) is 0 Å². The van der Waals surface area contributed by atoms with Crippen molar-refractivity contribution in [2.45, 2.75) is 12.1 Å². The number of carbonyl (C=O) groups excluding carboxylic acids is 2. The van der Waals surface area contributed by atoms with Crippen molar-refractivity contribution in [2.75, 3.05) is 18.1 Å². The van der Waals surface area contributed by atoms with Crippen LogP contribution in [-0.2, 0) is 0 Å². The number of anilines is 2. The first-order valence-electron chi connectivity index (χ1n) is 10.4. The van der Waals surface area contributed by atoms with Crippen LogP contribution in [0.25, 0.3) is 0 Å². The van der Waals surface area contributed by atoms with Crippen LogP contribution in [0.4, 0.5) is 17.1 Å². The number of carbonyl (C=O) groups is 3. The number of aromatic carboxylic acids is 1. The van der Waals surface area contributed by atoms with E-state index < -0.39 is 47.1 Å². The number of aliphatic hydroxyl groups excluding tert-OH is 2. The molecular weight excluding hydrogens is 472 g/mol. The highest BCUT2D eigenvalue weighted by molar-refractivity contribution is 6.21. The van der Waals surface area contributed by atoms with Gasteiger partial charge in [0.1, 0.15) is 11.7 Å². The lowest BCUT2D eigenvalue weighted by Gasteiger charge is -2.29. The van der Waals surface area contributed by atoms with Gasteiger partial charge >= 0.3 is 5.97 Å². The minimum atomic E-state index is -1.34. The van der Waals surface area contributed by atoms with E-state index in [4.69, 9.17) is 16.6 Å². The summed E-state index contributed by atoms with van der Waals surface area (Å²) in [6.45, 7) is -0.545. The molecule has 1 aliphatic heterocycles. The average molecular weight is 494 g/mol. The van der Waals surface area contributed by atoms with E-state index in [1.54, 1.807) is 48.5 Å². The number of imide groups is 1. The maximum absolute atomic E-state index is 12.5. The Morgan fingerprint density at radius 3 is 1.94 bits per heavy atom. The number of amides is 2. The van der Waals surface area contributed by atoms with Crippen LogP contribution < -0.4 is 11.5 Å². The second-order valence-electron chi connectivity index (χ2n) is 7.73. The van der Waals surface area contributed by atoms with E-state index in [2.05, 4.69) is 0 Å². The fourth-order valence-electron chi connectivity index (χ4n) is 3.63. The number of aliphatic hydroxyl groups is 2. The van der Waals surface area contributed by atoms with Crippen molar-refractivity contribution in [3.05, 3.63) is 99.1 Å². The summed E-state index contributed by atoms with van der Waals surface area (Å²) in [5.74, 6) is -2.37. The van der Waals surface area contributed by atoms with Gasteiger partial charge in [0.25, 0.3) is 17.5 Å². The normalized spacial score (nSPS) is 13.9. The lowest BCUT2D eigenvalue weighted by Crippen LogP contribution is -2.45. The second kappa shape index (κ2) is 10.6. The highest BCUT2D eigenvalue weighted by Crippen LogP contribution is 2.30. The zero-order valence-corrected chi connectivity index (χ0v) is 18.6. The number of carboxylic acid groups (broad SMARTS) is 1. The zero-order valence-electron chi connectivity index (χ0n) is 18.6. The smallest absolute Gasteiger partial charge is 0.342 e. The second-order valence-corrected chi connectivity index (χ2v) is 7.73. The SMILES string of the molecule is Nc1ccc(C(=O)O)c([N+](=O)[O-])c1.Nc1ccc(C(O)C(CO)N2C(=O)c3ccccc3C2=O)cc1. The molecule has 1 heterocycles. The molecule has 7 N–H and O–H groups in total. The van der Waals surface area contributed by atoms with E-state index in [0.717, 1.165) is 17.0 Å². The highest BCUT2D eigenvalue weighted by atomic mass is 16.6. The summed E-state index contributed by atoms with van der Waals surface area (Å²) in [7, 11) is 0. The van der Waals surface area contributed by atoms with Gasteiger partial charge in [0, 0.05) is 17.4 Å². The van der Waals surface area contributed by atoms with Crippen LogP contribution in [0, 0.1) is 10.1 Å². The minimum absolute atomic E-state index is 0.164. The molecule has 0 spiro atoms. The van der Waals surface area contributed by atoms with Gasteiger partial charge in [0.15, 0.2) is 0 Å². The molecule has 0 aromatic heterocycles. The van der Waals surface area contributed by atoms with Crippen molar-refractivity contribution in [3.63, 3.8) is 0 Å². The number of nitrogens with two attached hydrogens (primary N) is 2. The van der Waals surface area contributed by atoms with Crippen molar-refractivity contribution < 1.29 is 34.6 Å². The van der Waals surface area contributed by atoms with Crippen LogP contribution in [0.1, 0.15) is 42.7 Å². The summed E-state index contributed by atoms with van der Waals surface area (Å²) in [4.78, 5) is 45.9. The Labute approximate surface area is 204 Å². The van der Waals surface area contributed by atoms with Crippen molar-refractivity contribution in [1.29, 1.82) is 0 Å². The summed E-state index contributed by atoms with van der Waals surface area (Å²) in [5, 5.41) is 39.1. The molecule has 1 aliphatic rings. The Balaban J connectivity index is 0.000000236. The first-order chi connectivity index (χ1) is 17.1. The molecule has 0 radical (unpaired) electrons. The van der Waals surface area contributed by atoms with Crippen LogP contribution in [-0.4, -0.2) is 55.6 Å². The van der Waals surface area contributed by atoms with E-state index in [-0.39, 0.29) is 22.4 Å². The third-order valence-electron chi connectivity index (χ3n) is 5.44. The maximum Gasteiger partial charge on any atom is 0.342 e. The number of nitro benzene ring substituents is 1. The molecule has 2 unspecified atom stereocenters. The van der Waals surface area contributed by atoms with Crippen molar-refractivity contribution in [3.8, 4) is 0 Å². The summed E-state index contributed by atoms with van der Waals surface area (Å²) >= 11 is 0. The van der Waals surface area contributed by atoms with E-state index >= 15 is 0 Å². The van der Waals surface area contributed by atoms with Gasteiger partial charge in [-0.15, -0.1) is 0 Å². The van der Waals surface area contributed by atoms with E-state index in [9.17, 15) is 34.7 Å². The predicted molar refractivity (Wildman–Crippen MR) is 128 cm³/mol. The molecular formula is C24H22N4O8. The Kier molecular flexibility index (Phi) is 7.62. The Bertz CT molecular complexity index is 1290.